The Balaban J connectivity index is 2.18. The average molecular weight is 287 g/mol. The molecule has 0 unspecified atom stereocenters. The average Bonchev–Trinajstić information content (AvgIpc) is 3.17. The lowest BCUT2D eigenvalue weighted by Crippen LogP contribution is -2.48. The van der Waals surface area contributed by atoms with Gasteiger partial charge in [0.25, 0.3) is 0 Å². The van der Waals surface area contributed by atoms with Crippen molar-refractivity contribution in [3.8, 4) is 0 Å². The SMILES string of the molecule is O=C(O)C[C@@H](NC(=O)NCCNC(=O)C1CC1)C(=O)O. The van der Waals surface area contributed by atoms with Gasteiger partial charge in [-0.3, -0.25) is 9.59 Å². The Labute approximate surface area is 114 Å². The second-order valence-corrected chi connectivity index (χ2v) is 4.45. The van der Waals surface area contributed by atoms with Gasteiger partial charge in [-0.1, -0.05) is 0 Å². The molecule has 3 amide bonds. The zero-order valence-electron chi connectivity index (χ0n) is 10.7. The van der Waals surface area contributed by atoms with Crippen LogP contribution in [0.25, 0.3) is 0 Å². The molecule has 1 fully saturated rings. The van der Waals surface area contributed by atoms with E-state index in [9.17, 15) is 19.2 Å². The molecule has 20 heavy (non-hydrogen) atoms. The van der Waals surface area contributed by atoms with Crippen LogP contribution in [0.1, 0.15) is 19.3 Å². The van der Waals surface area contributed by atoms with E-state index in [2.05, 4.69) is 10.6 Å². The first-order valence-corrected chi connectivity index (χ1v) is 6.17. The van der Waals surface area contributed by atoms with Crippen LogP contribution in [-0.2, 0) is 14.4 Å². The summed E-state index contributed by atoms with van der Waals surface area (Å²) in [5.74, 6) is -2.73. The minimum atomic E-state index is -1.49. The van der Waals surface area contributed by atoms with Crippen molar-refractivity contribution in [2.45, 2.75) is 25.3 Å². The van der Waals surface area contributed by atoms with E-state index in [1.54, 1.807) is 0 Å². The van der Waals surface area contributed by atoms with Crippen molar-refractivity contribution in [2.75, 3.05) is 13.1 Å². The van der Waals surface area contributed by atoms with Crippen molar-refractivity contribution < 1.29 is 29.4 Å². The van der Waals surface area contributed by atoms with Gasteiger partial charge >= 0.3 is 18.0 Å². The smallest absolute Gasteiger partial charge is 0.326 e. The van der Waals surface area contributed by atoms with Crippen LogP contribution in [0.5, 0.6) is 0 Å². The molecule has 0 aromatic heterocycles. The highest BCUT2D eigenvalue weighted by atomic mass is 16.4. The number of hydrogen-bond donors (Lipinski definition) is 5. The third kappa shape index (κ3) is 6.03. The molecule has 5 N–H and O–H groups in total. The Kier molecular flexibility index (Phi) is 5.75. The Morgan fingerprint density at radius 2 is 1.65 bits per heavy atom. The number of carboxylic acids is 2. The zero-order chi connectivity index (χ0) is 15.1. The molecule has 1 atom stereocenters. The molecule has 0 aromatic carbocycles. The van der Waals surface area contributed by atoms with Crippen LogP contribution in [0.3, 0.4) is 0 Å². The van der Waals surface area contributed by atoms with Crippen molar-refractivity contribution >= 4 is 23.9 Å². The maximum atomic E-state index is 11.3. The molecule has 0 saturated heterocycles. The number of amides is 3. The molecular weight excluding hydrogens is 270 g/mol. The number of nitrogens with one attached hydrogen (secondary N) is 3. The van der Waals surface area contributed by atoms with Gasteiger partial charge in [0.05, 0.1) is 6.42 Å². The van der Waals surface area contributed by atoms with E-state index in [1.807, 2.05) is 5.32 Å². The Morgan fingerprint density at radius 3 is 2.15 bits per heavy atom. The molecule has 9 nitrogen and oxygen atoms in total. The predicted octanol–water partition coefficient (Wildman–Crippen LogP) is -1.26. The van der Waals surface area contributed by atoms with Gasteiger partial charge in [0, 0.05) is 19.0 Å². The fraction of sp³-hybridized carbons (Fsp3) is 0.636. The Bertz CT molecular complexity index is 407. The third-order valence-corrected chi connectivity index (χ3v) is 2.64. The molecule has 1 aliphatic carbocycles. The van der Waals surface area contributed by atoms with E-state index in [-0.39, 0.29) is 24.9 Å². The summed E-state index contributed by atoms with van der Waals surface area (Å²) >= 11 is 0. The van der Waals surface area contributed by atoms with E-state index in [1.165, 1.54) is 0 Å². The molecule has 1 aliphatic rings. The van der Waals surface area contributed by atoms with Crippen LogP contribution in [-0.4, -0.2) is 53.2 Å². The maximum absolute atomic E-state index is 11.3. The second kappa shape index (κ2) is 7.31. The predicted molar refractivity (Wildman–Crippen MR) is 65.9 cm³/mol. The number of hydrogen-bond acceptors (Lipinski definition) is 4. The van der Waals surface area contributed by atoms with Crippen LogP contribution < -0.4 is 16.0 Å². The fourth-order valence-electron chi connectivity index (χ4n) is 1.44. The van der Waals surface area contributed by atoms with Crippen molar-refractivity contribution in [1.29, 1.82) is 0 Å². The molecule has 0 radical (unpaired) electrons. The second-order valence-electron chi connectivity index (χ2n) is 4.45. The van der Waals surface area contributed by atoms with Gasteiger partial charge in [0.1, 0.15) is 6.04 Å². The minimum absolute atomic E-state index is 0.0542. The lowest BCUT2D eigenvalue weighted by molar-refractivity contribution is -0.145. The van der Waals surface area contributed by atoms with Crippen molar-refractivity contribution in [2.24, 2.45) is 5.92 Å². The number of aliphatic carboxylic acids is 2. The highest BCUT2D eigenvalue weighted by Crippen LogP contribution is 2.28. The lowest BCUT2D eigenvalue weighted by Gasteiger charge is -2.13. The zero-order valence-corrected chi connectivity index (χ0v) is 10.7. The summed E-state index contributed by atoms with van der Waals surface area (Å²) in [5, 5.41) is 24.2. The molecule has 0 aliphatic heterocycles. The first-order valence-electron chi connectivity index (χ1n) is 6.17. The fourth-order valence-corrected chi connectivity index (χ4v) is 1.44. The van der Waals surface area contributed by atoms with Crippen LogP contribution in [0.15, 0.2) is 0 Å². The highest BCUT2D eigenvalue weighted by molar-refractivity contribution is 5.86. The van der Waals surface area contributed by atoms with Crippen molar-refractivity contribution in [1.82, 2.24) is 16.0 Å². The number of rotatable bonds is 8. The molecule has 9 heteroatoms. The maximum Gasteiger partial charge on any atom is 0.326 e. The van der Waals surface area contributed by atoms with E-state index in [4.69, 9.17) is 10.2 Å². The van der Waals surface area contributed by atoms with Gasteiger partial charge in [0.2, 0.25) is 5.91 Å². The summed E-state index contributed by atoms with van der Waals surface area (Å²) in [6.45, 7) is 0.364. The number of urea groups is 1. The molecule has 112 valence electrons. The first-order chi connectivity index (χ1) is 9.40. The molecule has 0 heterocycles. The van der Waals surface area contributed by atoms with E-state index in [0.29, 0.717) is 0 Å². The topological polar surface area (TPSA) is 145 Å². The molecule has 1 saturated carbocycles. The summed E-state index contributed by atoms with van der Waals surface area (Å²) in [5.41, 5.74) is 0. The normalized spacial score (nSPS) is 15.0. The summed E-state index contributed by atoms with van der Waals surface area (Å²) in [4.78, 5) is 43.7. The van der Waals surface area contributed by atoms with E-state index < -0.39 is 30.4 Å². The first kappa shape index (κ1) is 15.7. The van der Waals surface area contributed by atoms with Crippen molar-refractivity contribution in [3.05, 3.63) is 0 Å². The number of carboxylic acid groups (broad SMARTS) is 2. The van der Waals surface area contributed by atoms with Crippen LogP contribution in [0.2, 0.25) is 0 Å². The summed E-state index contributed by atoms with van der Waals surface area (Å²) in [7, 11) is 0. The van der Waals surface area contributed by atoms with Crippen molar-refractivity contribution in [3.63, 3.8) is 0 Å². The molecule has 1 rings (SSSR count). The highest BCUT2D eigenvalue weighted by Gasteiger charge is 2.29. The summed E-state index contributed by atoms with van der Waals surface area (Å²) < 4.78 is 0. The lowest BCUT2D eigenvalue weighted by atomic mass is 10.2. The summed E-state index contributed by atoms with van der Waals surface area (Å²) in [6, 6.07) is -2.28. The molecule has 0 aromatic rings. The monoisotopic (exact) mass is 287 g/mol. The van der Waals surface area contributed by atoms with Gasteiger partial charge < -0.3 is 26.2 Å². The van der Waals surface area contributed by atoms with Crippen LogP contribution in [0, 0.1) is 5.92 Å². The number of carbonyl (C=O) groups excluding carboxylic acids is 2. The third-order valence-electron chi connectivity index (χ3n) is 2.64. The summed E-state index contributed by atoms with van der Waals surface area (Å²) in [6.07, 6.45) is 1.06. The van der Waals surface area contributed by atoms with E-state index in [0.717, 1.165) is 12.8 Å². The molecule has 0 spiro atoms. The minimum Gasteiger partial charge on any atom is -0.481 e. The largest absolute Gasteiger partial charge is 0.481 e. The van der Waals surface area contributed by atoms with Crippen LogP contribution >= 0.6 is 0 Å². The number of carbonyl (C=O) groups is 4. The van der Waals surface area contributed by atoms with Gasteiger partial charge in [-0.05, 0) is 12.8 Å². The van der Waals surface area contributed by atoms with Gasteiger partial charge in [0.15, 0.2) is 0 Å². The molecule has 0 bridgehead atoms. The Morgan fingerprint density at radius 1 is 1.05 bits per heavy atom. The van der Waals surface area contributed by atoms with Gasteiger partial charge in [-0.25, -0.2) is 9.59 Å². The quantitative estimate of drug-likeness (QED) is 0.352. The Hall–Kier alpha value is -2.32. The molecular formula is C11H17N3O6. The van der Waals surface area contributed by atoms with Gasteiger partial charge in [-0.2, -0.15) is 0 Å². The van der Waals surface area contributed by atoms with E-state index >= 15 is 0 Å². The van der Waals surface area contributed by atoms with Crippen LogP contribution in [0.4, 0.5) is 4.79 Å². The standard InChI is InChI=1S/C11H17N3O6/c15-8(16)5-7(10(18)19)14-11(20)13-4-3-12-9(17)6-1-2-6/h6-7H,1-5H2,(H,12,17)(H,15,16)(H,18,19)(H2,13,14,20)/t7-/m1/s1. The van der Waals surface area contributed by atoms with Gasteiger partial charge in [-0.15, -0.1) is 0 Å².